The molecule has 1 unspecified atom stereocenters. The van der Waals surface area contributed by atoms with E-state index in [0.29, 0.717) is 24.5 Å². The average molecular weight is 305 g/mol. The first-order valence-corrected chi connectivity index (χ1v) is 7.04. The van der Waals surface area contributed by atoms with Crippen molar-refractivity contribution >= 4 is 18.0 Å². The fourth-order valence-electron chi connectivity index (χ4n) is 1.96. The summed E-state index contributed by atoms with van der Waals surface area (Å²) in [4.78, 5) is 14.8. The van der Waals surface area contributed by atoms with Crippen molar-refractivity contribution in [1.82, 2.24) is 10.3 Å². The molecule has 1 aromatic carbocycles. The number of hydrogen-bond donors (Lipinski definition) is 1. The summed E-state index contributed by atoms with van der Waals surface area (Å²) in [5.74, 6) is 0.728. The van der Waals surface area contributed by atoms with E-state index in [1.54, 1.807) is 12.4 Å². The molecule has 0 aliphatic carbocycles. The summed E-state index contributed by atoms with van der Waals surface area (Å²) in [7, 11) is 0. The minimum atomic E-state index is -0.108. The van der Waals surface area contributed by atoms with Gasteiger partial charge in [0, 0.05) is 11.2 Å². The molecule has 0 aliphatic heterocycles. The highest BCUT2D eigenvalue weighted by Crippen LogP contribution is 2.16. The molecular weight excluding hydrogens is 288 g/mol. The van der Waals surface area contributed by atoms with Gasteiger partial charge in [-0.1, -0.05) is 23.7 Å². The van der Waals surface area contributed by atoms with E-state index in [4.69, 9.17) is 16.3 Å². The van der Waals surface area contributed by atoms with Crippen LogP contribution in [0.5, 0.6) is 5.75 Å². The van der Waals surface area contributed by atoms with Crippen LogP contribution in [-0.4, -0.2) is 24.0 Å². The zero-order valence-corrected chi connectivity index (χ0v) is 12.5. The summed E-state index contributed by atoms with van der Waals surface area (Å²) in [6.45, 7) is 2.34. The molecule has 1 heterocycles. The minimum Gasteiger partial charge on any atom is -0.490 e. The fourth-order valence-corrected chi connectivity index (χ4v) is 2.08. The van der Waals surface area contributed by atoms with Crippen molar-refractivity contribution in [3.05, 3.63) is 58.9 Å². The molecule has 0 spiro atoms. The molecule has 21 heavy (non-hydrogen) atoms. The Hall–Kier alpha value is -2.07. The van der Waals surface area contributed by atoms with E-state index in [9.17, 15) is 4.79 Å². The number of benzene rings is 1. The zero-order chi connectivity index (χ0) is 15.1. The highest BCUT2D eigenvalue weighted by molar-refractivity contribution is 6.30. The number of nitrogens with zero attached hydrogens (tertiary/aromatic N) is 1. The number of rotatable bonds is 7. The highest BCUT2D eigenvalue weighted by Gasteiger charge is 2.10. The molecule has 0 saturated heterocycles. The predicted molar refractivity (Wildman–Crippen MR) is 82.6 cm³/mol. The number of pyridine rings is 1. The van der Waals surface area contributed by atoms with E-state index in [0.717, 1.165) is 16.9 Å². The first-order chi connectivity index (χ1) is 10.2. The lowest BCUT2D eigenvalue weighted by Crippen LogP contribution is -2.35. The van der Waals surface area contributed by atoms with E-state index < -0.39 is 0 Å². The Bertz CT molecular complexity index is 587. The molecule has 2 aromatic rings. The molecule has 1 atom stereocenters. The molecule has 4 nitrogen and oxygen atoms in total. The van der Waals surface area contributed by atoms with Gasteiger partial charge in [0.05, 0.1) is 12.2 Å². The third-order valence-electron chi connectivity index (χ3n) is 3.13. The Morgan fingerprint density at radius 1 is 1.33 bits per heavy atom. The summed E-state index contributed by atoms with van der Waals surface area (Å²) in [5, 5.41) is 3.47. The molecule has 1 N–H and O–H groups in total. The average Bonchev–Trinajstić information content (AvgIpc) is 2.49. The number of carbonyl (C=O) groups excluding carboxylic acids is 1. The molecule has 0 radical (unpaired) electrons. The Morgan fingerprint density at radius 3 is 2.76 bits per heavy atom. The van der Waals surface area contributed by atoms with Gasteiger partial charge in [-0.05, 0) is 42.7 Å². The van der Waals surface area contributed by atoms with E-state index in [-0.39, 0.29) is 6.04 Å². The predicted octanol–water partition coefficient (Wildman–Crippen LogP) is 2.78. The molecule has 110 valence electrons. The molecule has 1 aromatic heterocycles. The van der Waals surface area contributed by atoms with Crippen LogP contribution < -0.4 is 10.1 Å². The maximum absolute atomic E-state index is 10.7. The highest BCUT2D eigenvalue weighted by atomic mass is 35.5. The normalized spacial score (nSPS) is 11.7. The van der Waals surface area contributed by atoms with Crippen LogP contribution >= 0.6 is 11.6 Å². The van der Waals surface area contributed by atoms with Gasteiger partial charge in [0.25, 0.3) is 0 Å². The number of hydrogen-bond acceptors (Lipinski definition) is 3. The molecule has 0 saturated carbocycles. The second kappa shape index (κ2) is 7.64. The van der Waals surface area contributed by atoms with Crippen molar-refractivity contribution in [2.24, 2.45) is 0 Å². The van der Waals surface area contributed by atoms with Crippen LogP contribution in [0.3, 0.4) is 0 Å². The van der Waals surface area contributed by atoms with Gasteiger partial charge >= 0.3 is 0 Å². The van der Waals surface area contributed by atoms with Crippen molar-refractivity contribution < 1.29 is 9.53 Å². The van der Waals surface area contributed by atoms with Crippen LogP contribution in [0.1, 0.15) is 11.1 Å². The maximum Gasteiger partial charge on any atom is 0.207 e. The number of halogens is 1. The van der Waals surface area contributed by atoms with Crippen molar-refractivity contribution in [1.29, 1.82) is 0 Å². The van der Waals surface area contributed by atoms with Gasteiger partial charge in [0.1, 0.15) is 12.4 Å². The summed E-state index contributed by atoms with van der Waals surface area (Å²) < 4.78 is 5.74. The van der Waals surface area contributed by atoms with Gasteiger partial charge in [-0.3, -0.25) is 9.78 Å². The van der Waals surface area contributed by atoms with Crippen molar-refractivity contribution in [3.63, 3.8) is 0 Å². The van der Waals surface area contributed by atoms with E-state index in [1.807, 2.05) is 37.3 Å². The number of nitrogens with one attached hydrogen (secondary N) is 1. The second-order valence-electron chi connectivity index (χ2n) is 4.76. The lowest BCUT2D eigenvalue weighted by molar-refractivity contribution is -0.110. The zero-order valence-electron chi connectivity index (χ0n) is 11.8. The number of aromatic nitrogens is 1. The number of amides is 1. The first-order valence-electron chi connectivity index (χ1n) is 6.66. The van der Waals surface area contributed by atoms with E-state index in [1.165, 1.54) is 0 Å². The Labute approximate surface area is 129 Å². The van der Waals surface area contributed by atoms with Crippen LogP contribution in [0.25, 0.3) is 0 Å². The topological polar surface area (TPSA) is 51.2 Å². The Morgan fingerprint density at radius 2 is 2.10 bits per heavy atom. The van der Waals surface area contributed by atoms with Gasteiger partial charge in [0.2, 0.25) is 6.41 Å². The van der Waals surface area contributed by atoms with Crippen LogP contribution in [0.4, 0.5) is 0 Å². The van der Waals surface area contributed by atoms with Gasteiger partial charge in [-0.15, -0.1) is 0 Å². The third-order valence-corrected chi connectivity index (χ3v) is 3.38. The summed E-state index contributed by atoms with van der Waals surface area (Å²) >= 11 is 5.86. The smallest absolute Gasteiger partial charge is 0.207 e. The molecule has 5 heteroatoms. The lowest BCUT2D eigenvalue weighted by atomic mass is 10.1. The van der Waals surface area contributed by atoms with Crippen LogP contribution in [0.2, 0.25) is 5.02 Å². The molecule has 0 aliphatic rings. The van der Waals surface area contributed by atoms with Crippen LogP contribution in [0.15, 0.2) is 42.7 Å². The van der Waals surface area contributed by atoms with Gasteiger partial charge in [-0.2, -0.15) is 0 Å². The standard InChI is InChI=1S/C16H17ClN2O2/c1-12-6-7-18-9-16(12)21-10-15(19-11-20)8-13-2-4-14(17)5-3-13/h2-7,9,11,15H,8,10H2,1H3,(H,19,20). The number of ether oxygens (including phenoxy) is 1. The van der Waals surface area contributed by atoms with Gasteiger partial charge in [0.15, 0.2) is 0 Å². The van der Waals surface area contributed by atoms with Crippen molar-refractivity contribution in [2.75, 3.05) is 6.61 Å². The van der Waals surface area contributed by atoms with E-state index >= 15 is 0 Å². The maximum atomic E-state index is 10.7. The molecule has 1 amide bonds. The Balaban J connectivity index is 1.97. The molecule has 0 bridgehead atoms. The monoisotopic (exact) mass is 304 g/mol. The summed E-state index contributed by atoms with van der Waals surface area (Å²) in [5.41, 5.74) is 2.10. The van der Waals surface area contributed by atoms with E-state index in [2.05, 4.69) is 10.3 Å². The quantitative estimate of drug-likeness (QED) is 0.800. The molecule has 0 fully saturated rings. The summed E-state index contributed by atoms with van der Waals surface area (Å²) in [6, 6.07) is 9.33. The largest absolute Gasteiger partial charge is 0.490 e. The second-order valence-corrected chi connectivity index (χ2v) is 5.20. The molecule has 2 rings (SSSR count). The summed E-state index contributed by atoms with van der Waals surface area (Å²) in [6.07, 6.45) is 4.77. The fraction of sp³-hybridized carbons (Fsp3) is 0.250. The van der Waals surface area contributed by atoms with Gasteiger partial charge < -0.3 is 10.1 Å². The third kappa shape index (κ3) is 4.76. The van der Waals surface area contributed by atoms with Crippen LogP contribution in [-0.2, 0) is 11.2 Å². The van der Waals surface area contributed by atoms with Gasteiger partial charge in [-0.25, -0.2) is 0 Å². The van der Waals surface area contributed by atoms with Crippen LogP contribution in [0, 0.1) is 6.92 Å². The number of aryl methyl sites for hydroxylation is 1. The number of carbonyl (C=O) groups is 1. The SMILES string of the molecule is Cc1ccncc1OCC(Cc1ccc(Cl)cc1)NC=O. The molecular formula is C16H17ClN2O2. The minimum absolute atomic E-state index is 0.108. The van der Waals surface area contributed by atoms with Crippen molar-refractivity contribution in [3.8, 4) is 5.75 Å². The Kier molecular flexibility index (Phi) is 5.58. The lowest BCUT2D eigenvalue weighted by Gasteiger charge is -2.17. The van der Waals surface area contributed by atoms with Crippen molar-refractivity contribution in [2.45, 2.75) is 19.4 Å². The first kappa shape index (κ1) is 15.3.